The molecule has 0 N–H and O–H groups in total. The van der Waals surface area contributed by atoms with Crippen LogP contribution in [0.2, 0.25) is 0 Å². The zero-order valence-electron chi connectivity index (χ0n) is 18.2. The highest BCUT2D eigenvalue weighted by Gasteiger charge is 2.33. The molecule has 3 aromatic heterocycles. The summed E-state index contributed by atoms with van der Waals surface area (Å²) >= 11 is 0. The van der Waals surface area contributed by atoms with Crippen LogP contribution in [0.3, 0.4) is 0 Å². The number of carbonyl (C=O) groups excluding carboxylic acids is 1. The lowest BCUT2D eigenvalue weighted by Gasteiger charge is -2.36. The molecule has 1 amide bonds. The lowest BCUT2D eigenvalue weighted by atomic mass is 9.92. The molecule has 1 saturated heterocycles. The van der Waals surface area contributed by atoms with Gasteiger partial charge in [-0.2, -0.15) is 0 Å². The quantitative estimate of drug-likeness (QED) is 0.615. The van der Waals surface area contributed by atoms with Crippen molar-refractivity contribution in [2.45, 2.75) is 46.1 Å². The summed E-state index contributed by atoms with van der Waals surface area (Å²) in [4.78, 5) is 33.3. The minimum Gasteiger partial charge on any atom is -0.477 e. The first-order valence-corrected chi connectivity index (χ1v) is 10.7. The Labute approximate surface area is 182 Å². The average Bonchev–Trinajstić information content (AvgIpc) is 2.80. The fraction of sp³-hybridized carbons (Fsp3) is 0.375. The number of amides is 1. The minimum atomic E-state index is -0.139. The molecule has 1 fully saturated rings. The molecule has 4 heterocycles. The van der Waals surface area contributed by atoms with Crippen molar-refractivity contribution in [1.29, 1.82) is 0 Å². The third kappa shape index (κ3) is 4.26. The molecule has 4 rings (SSSR count). The van der Waals surface area contributed by atoms with Crippen LogP contribution in [0, 0.1) is 13.8 Å². The van der Waals surface area contributed by atoms with Crippen LogP contribution in [0.5, 0.6) is 5.88 Å². The summed E-state index contributed by atoms with van der Waals surface area (Å²) in [5, 5.41) is 0. The number of aryl methyl sites for hydroxylation is 2. The Kier molecular flexibility index (Phi) is 6.21. The van der Waals surface area contributed by atoms with Crippen LogP contribution < -0.4 is 4.74 Å². The minimum absolute atomic E-state index is 0.0742. The molecule has 0 spiro atoms. The van der Waals surface area contributed by atoms with Crippen LogP contribution in [0.1, 0.15) is 59.7 Å². The van der Waals surface area contributed by atoms with Gasteiger partial charge < -0.3 is 9.64 Å². The maximum Gasteiger partial charge on any atom is 0.259 e. The van der Waals surface area contributed by atoms with Gasteiger partial charge in [-0.15, -0.1) is 0 Å². The SMILES string of the molecule is CCOc1ncccc1C(=O)N1CCCC[C@@H]1c1nc(C)ncc1-c1ccncc1C. The van der Waals surface area contributed by atoms with Crippen molar-refractivity contribution < 1.29 is 9.53 Å². The molecule has 1 aliphatic heterocycles. The van der Waals surface area contributed by atoms with Gasteiger partial charge in [0, 0.05) is 36.9 Å². The Morgan fingerprint density at radius 1 is 1.13 bits per heavy atom. The first-order valence-electron chi connectivity index (χ1n) is 10.7. The molecular formula is C24H27N5O2. The van der Waals surface area contributed by atoms with Gasteiger partial charge in [0.1, 0.15) is 11.4 Å². The fourth-order valence-electron chi connectivity index (χ4n) is 4.14. The molecule has 0 saturated carbocycles. The summed E-state index contributed by atoms with van der Waals surface area (Å²) < 4.78 is 5.63. The van der Waals surface area contributed by atoms with Crippen LogP contribution in [0.15, 0.2) is 43.0 Å². The van der Waals surface area contributed by atoms with E-state index in [1.165, 1.54) is 0 Å². The average molecular weight is 418 g/mol. The van der Waals surface area contributed by atoms with Crippen molar-refractivity contribution in [2.75, 3.05) is 13.2 Å². The molecule has 160 valence electrons. The van der Waals surface area contributed by atoms with Gasteiger partial charge in [-0.1, -0.05) is 0 Å². The second-order valence-electron chi connectivity index (χ2n) is 7.71. The smallest absolute Gasteiger partial charge is 0.259 e. The van der Waals surface area contributed by atoms with E-state index in [2.05, 4.69) is 15.0 Å². The number of hydrogen-bond donors (Lipinski definition) is 0. The Morgan fingerprint density at radius 2 is 2.00 bits per heavy atom. The molecule has 0 aromatic carbocycles. The topological polar surface area (TPSA) is 81.1 Å². The van der Waals surface area contributed by atoms with Crippen molar-refractivity contribution in [3.8, 4) is 17.0 Å². The van der Waals surface area contributed by atoms with Crippen molar-refractivity contribution >= 4 is 5.91 Å². The highest BCUT2D eigenvalue weighted by atomic mass is 16.5. The zero-order chi connectivity index (χ0) is 21.8. The summed E-state index contributed by atoms with van der Waals surface area (Å²) in [5.41, 5.74) is 4.42. The normalized spacial score (nSPS) is 16.2. The summed E-state index contributed by atoms with van der Waals surface area (Å²) in [6, 6.07) is 5.40. The predicted molar refractivity (Wildman–Crippen MR) is 118 cm³/mol. The van der Waals surface area contributed by atoms with Crippen molar-refractivity contribution in [3.05, 3.63) is 65.6 Å². The van der Waals surface area contributed by atoms with E-state index in [0.717, 1.165) is 41.6 Å². The fourth-order valence-corrected chi connectivity index (χ4v) is 4.14. The number of carbonyl (C=O) groups is 1. The Balaban J connectivity index is 1.78. The van der Waals surface area contributed by atoms with Gasteiger partial charge in [0.2, 0.25) is 5.88 Å². The number of likely N-dealkylation sites (tertiary alicyclic amines) is 1. The summed E-state index contributed by atoms with van der Waals surface area (Å²) in [5.74, 6) is 0.998. The number of ether oxygens (including phenoxy) is 1. The van der Waals surface area contributed by atoms with E-state index >= 15 is 0 Å². The van der Waals surface area contributed by atoms with Crippen LogP contribution in [0.25, 0.3) is 11.1 Å². The standard InChI is InChI=1S/C24H27N5O2/c1-4-31-23-19(8-7-11-26-23)24(30)29-13-6-5-9-21(29)22-20(15-27-17(3)28-22)18-10-12-25-14-16(18)2/h7-8,10-12,14-15,21H,4-6,9,13H2,1-3H3/t21-/m1/s1. The maximum absolute atomic E-state index is 13.6. The van der Waals surface area contributed by atoms with Crippen molar-refractivity contribution in [1.82, 2.24) is 24.8 Å². The van der Waals surface area contributed by atoms with Crippen molar-refractivity contribution in [3.63, 3.8) is 0 Å². The largest absolute Gasteiger partial charge is 0.477 e. The third-order valence-electron chi connectivity index (χ3n) is 5.61. The van der Waals surface area contributed by atoms with Crippen LogP contribution in [-0.2, 0) is 0 Å². The van der Waals surface area contributed by atoms with Gasteiger partial charge in [0.25, 0.3) is 5.91 Å². The van der Waals surface area contributed by atoms with E-state index in [4.69, 9.17) is 9.72 Å². The first kappa shape index (κ1) is 20.9. The lowest BCUT2D eigenvalue weighted by molar-refractivity contribution is 0.0601. The van der Waals surface area contributed by atoms with Gasteiger partial charge in [-0.3, -0.25) is 9.78 Å². The number of hydrogen-bond acceptors (Lipinski definition) is 6. The second-order valence-corrected chi connectivity index (χ2v) is 7.71. The van der Waals surface area contributed by atoms with Gasteiger partial charge in [-0.05, 0) is 69.4 Å². The lowest BCUT2D eigenvalue weighted by Crippen LogP contribution is -2.39. The second kappa shape index (κ2) is 9.20. The molecule has 0 bridgehead atoms. The summed E-state index contributed by atoms with van der Waals surface area (Å²) in [7, 11) is 0. The molecule has 1 aliphatic rings. The highest BCUT2D eigenvalue weighted by Crippen LogP contribution is 2.37. The Morgan fingerprint density at radius 3 is 2.81 bits per heavy atom. The monoisotopic (exact) mass is 417 g/mol. The van der Waals surface area contributed by atoms with Crippen LogP contribution >= 0.6 is 0 Å². The number of nitrogens with zero attached hydrogens (tertiary/aromatic N) is 5. The van der Waals surface area contributed by atoms with E-state index in [9.17, 15) is 4.79 Å². The third-order valence-corrected chi connectivity index (χ3v) is 5.61. The maximum atomic E-state index is 13.6. The Bertz CT molecular complexity index is 1090. The van der Waals surface area contributed by atoms with E-state index in [-0.39, 0.29) is 11.9 Å². The molecule has 3 aromatic rings. The first-order chi connectivity index (χ1) is 15.1. The molecule has 0 aliphatic carbocycles. The highest BCUT2D eigenvalue weighted by molar-refractivity contribution is 5.96. The molecule has 31 heavy (non-hydrogen) atoms. The summed E-state index contributed by atoms with van der Waals surface area (Å²) in [6.07, 6.45) is 9.98. The van der Waals surface area contributed by atoms with Gasteiger partial charge >= 0.3 is 0 Å². The van der Waals surface area contributed by atoms with E-state index in [1.54, 1.807) is 24.5 Å². The van der Waals surface area contributed by atoms with Crippen LogP contribution in [-0.4, -0.2) is 43.9 Å². The molecular weight excluding hydrogens is 390 g/mol. The predicted octanol–water partition coefficient (Wildman–Crippen LogP) is 4.32. The molecule has 1 atom stereocenters. The van der Waals surface area contributed by atoms with E-state index in [0.29, 0.717) is 30.4 Å². The number of aromatic nitrogens is 4. The molecule has 0 unspecified atom stereocenters. The number of rotatable bonds is 5. The zero-order valence-corrected chi connectivity index (χ0v) is 18.2. The molecule has 0 radical (unpaired) electrons. The van der Waals surface area contributed by atoms with Crippen molar-refractivity contribution in [2.24, 2.45) is 0 Å². The number of piperidine rings is 1. The van der Waals surface area contributed by atoms with E-state index in [1.807, 2.05) is 44.1 Å². The van der Waals surface area contributed by atoms with E-state index < -0.39 is 0 Å². The van der Waals surface area contributed by atoms with Gasteiger partial charge in [0.15, 0.2) is 0 Å². The molecule has 7 nitrogen and oxygen atoms in total. The van der Waals surface area contributed by atoms with Gasteiger partial charge in [-0.25, -0.2) is 15.0 Å². The summed E-state index contributed by atoms with van der Waals surface area (Å²) in [6.45, 7) is 6.93. The molecule has 7 heteroatoms. The van der Waals surface area contributed by atoms with Gasteiger partial charge in [0.05, 0.1) is 18.3 Å². The Hall–Kier alpha value is -3.35. The number of pyridine rings is 2. The van der Waals surface area contributed by atoms with Crippen LogP contribution in [0.4, 0.5) is 0 Å².